The molecule has 2 aromatic carbocycles. The average molecular weight is 400 g/mol. The number of hydrogen-bond donors (Lipinski definition) is 2. The van der Waals surface area contributed by atoms with Crippen molar-refractivity contribution in [1.82, 2.24) is 10.2 Å². The summed E-state index contributed by atoms with van der Waals surface area (Å²) in [6, 6.07) is 13.5. The molecule has 28 heavy (non-hydrogen) atoms. The minimum absolute atomic E-state index is 0.0323. The molecule has 7 heteroatoms. The SMILES string of the molecule is CNC(=O)C1CCCN(C(=O)c2ccc(NC(=O)c3ccccc3Cl)cc2)C1. The van der Waals surface area contributed by atoms with Crippen LogP contribution in [0.1, 0.15) is 33.6 Å². The summed E-state index contributed by atoms with van der Waals surface area (Å²) in [6.45, 7) is 1.06. The maximum Gasteiger partial charge on any atom is 0.257 e. The highest BCUT2D eigenvalue weighted by Gasteiger charge is 2.28. The minimum Gasteiger partial charge on any atom is -0.359 e. The zero-order valence-electron chi connectivity index (χ0n) is 15.6. The second-order valence-electron chi connectivity index (χ2n) is 6.72. The fourth-order valence-electron chi connectivity index (χ4n) is 3.30. The van der Waals surface area contributed by atoms with Crippen LogP contribution in [0.3, 0.4) is 0 Å². The summed E-state index contributed by atoms with van der Waals surface area (Å²) in [5, 5.41) is 5.80. The van der Waals surface area contributed by atoms with Crippen LogP contribution in [0.2, 0.25) is 5.02 Å². The number of amides is 3. The molecule has 1 atom stereocenters. The van der Waals surface area contributed by atoms with Crippen LogP contribution in [0.15, 0.2) is 48.5 Å². The molecule has 2 aromatic rings. The molecule has 1 heterocycles. The van der Waals surface area contributed by atoms with Crippen LogP contribution in [0.5, 0.6) is 0 Å². The third-order valence-electron chi connectivity index (χ3n) is 4.83. The predicted molar refractivity (Wildman–Crippen MR) is 109 cm³/mol. The molecule has 3 rings (SSSR count). The summed E-state index contributed by atoms with van der Waals surface area (Å²) in [7, 11) is 1.61. The van der Waals surface area contributed by atoms with Crippen molar-refractivity contribution >= 4 is 35.0 Å². The van der Waals surface area contributed by atoms with E-state index in [2.05, 4.69) is 10.6 Å². The first-order valence-corrected chi connectivity index (χ1v) is 9.54. The number of nitrogens with one attached hydrogen (secondary N) is 2. The summed E-state index contributed by atoms with van der Waals surface area (Å²) in [5.41, 5.74) is 1.48. The molecule has 1 fully saturated rings. The molecule has 2 N–H and O–H groups in total. The van der Waals surface area contributed by atoms with Crippen molar-refractivity contribution in [1.29, 1.82) is 0 Å². The number of halogens is 1. The molecular formula is C21H22ClN3O3. The van der Waals surface area contributed by atoms with Gasteiger partial charge in [-0.25, -0.2) is 0 Å². The molecule has 6 nitrogen and oxygen atoms in total. The number of carbonyl (C=O) groups is 3. The van der Waals surface area contributed by atoms with E-state index in [0.29, 0.717) is 34.9 Å². The maximum atomic E-state index is 12.7. The Kier molecular flexibility index (Phi) is 6.31. The van der Waals surface area contributed by atoms with E-state index in [1.807, 2.05) is 0 Å². The molecule has 0 spiro atoms. The van der Waals surface area contributed by atoms with Crippen molar-refractivity contribution in [2.24, 2.45) is 5.92 Å². The Bertz CT molecular complexity index is 883. The molecule has 3 amide bonds. The average Bonchev–Trinajstić information content (AvgIpc) is 2.73. The molecule has 1 aliphatic rings. The van der Waals surface area contributed by atoms with Crippen molar-refractivity contribution in [2.75, 3.05) is 25.5 Å². The summed E-state index contributed by atoms with van der Waals surface area (Å²) < 4.78 is 0. The van der Waals surface area contributed by atoms with E-state index >= 15 is 0 Å². The van der Waals surface area contributed by atoms with Gasteiger partial charge in [0.1, 0.15) is 0 Å². The fraction of sp³-hybridized carbons (Fsp3) is 0.286. The van der Waals surface area contributed by atoms with Crippen LogP contribution in [-0.4, -0.2) is 42.8 Å². The quantitative estimate of drug-likeness (QED) is 0.828. The van der Waals surface area contributed by atoms with Crippen molar-refractivity contribution < 1.29 is 14.4 Å². The van der Waals surface area contributed by atoms with Gasteiger partial charge in [-0.1, -0.05) is 23.7 Å². The van der Waals surface area contributed by atoms with Gasteiger partial charge in [0, 0.05) is 31.4 Å². The van der Waals surface area contributed by atoms with E-state index in [9.17, 15) is 14.4 Å². The van der Waals surface area contributed by atoms with Gasteiger partial charge in [0.2, 0.25) is 5.91 Å². The van der Waals surface area contributed by atoms with Crippen LogP contribution in [-0.2, 0) is 4.79 Å². The molecule has 0 aromatic heterocycles. The number of carbonyl (C=O) groups excluding carboxylic acids is 3. The molecule has 0 radical (unpaired) electrons. The van der Waals surface area contributed by atoms with Crippen molar-refractivity contribution in [3.63, 3.8) is 0 Å². The second kappa shape index (κ2) is 8.89. The number of likely N-dealkylation sites (tertiary alicyclic amines) is 1. The molecule has 0 saturated carbocycles. The normalized spacial score (nSPS) is 16.4. The Morgan fingerprint density at radius 3 is 2.46 bits per heavy atom. The highest BCUT2D eigenvalue weighted by Crippen LogP contribution is 2.21. The fourth-order valence-corrected chi connectivity index (χ4v) is 3.52. The van der Waals surface area contributed by atoms with Gasteiger partial charge in [-0.2, -0.15) is 0 Å². The third-order valence-corrected chi connectivity index (χ3v) is 5.16. The Balaban J connectivity index is 1.65. The Labute approximate surface area is 168 Å². The first-order valence-electron chi connectivity index (χ1n) is 9.16. The van der Waals surface area contributed by atoms with E-state index in [1.165, 1.54) is 0 Å². The number of piperidine rings is 1. The highest BCUT2D eigenvalue weighted by atomic mass is 35.5. The lowest BCUT2D eigenvalue weighted by Crippen LogP contribution is -2.44. The number of anilines is 1. The topological polar surface area (TPSA) is 78.5 Å². The maximum absolute atomic E-state index is 12.7. The highest BCUT2D eigenvalue weighted by molar-refractivity contribution is 6.34. The standard InChI is InChI=1S/C21H22ClN3O3/c1-23-19(26)15-5-4-12-25(13-15)21(28)14-8-10-16(11-9-14)24-20(27)17-6-2-3-7-18(17)22/h2-3,6-11,15H,4-5,12-13H2,1H3,(H,23,26)(H,24,27). The van der Waals surface area contributed by atoms with Crippen LogP contribution >= 0.6 is 11.6 Å². The Morgan fingerprint density at radius 2 is 1.79 bits per heavy atom. The molecule has 1 unspecified atom stereocenters. The van der Waals surface area contributed by atoms with Crippen LogP contribution in [0, 0.1) is 5.92 Å². The molecule has 146 valence electrons. The summed E-state index contributed by atoms with van der Waals surface area (Å²) in [4.78, 5) is 38.6. The summed E-state index contributed by atoms with van der Waals surface area (Å²) in [6.07, 6.45) is 1.59. The molecular weight excluding hydrogens is 378 g/mol. The van der Waals surface area contributed by atoms with Gasteiger partial charge in [-0.15, -0.1) is 0 Å². The molecule has 0 aliphatic carbocycles. The summed E-state index contributed by atoms with van der Waals surface area (Å²) in [5.74, 6) is -0.626. The van der Waals surface area contributed by atoms with Crippen LogP contribution in [0.4, 0.5) is 5.69 Å². The zero-order valence-corrected chi connectivity index (χ0v) is 16.3. The zero-order chi connectivity index (χ0) is 20.1. The first-order chi connectivity index (χ1) is 13.5. The lowest BCUT2D eigenvalue weighted by atomic mass is 9.96. The van der Waals surface area contributed by atoms with Gasteiger partial charge in [-0.3, -0.25) is 14.4 Å². The van der Waals surface area contributed by atoms with Gasteiger partial charge in [-0.05, 0) is 49.2 Å². The molecule has 1 saturated heterocycles. The number of rotatable bonds is 4. The minimum atomic E-state index is -0.311. The van der Waals surface area contributed by atoms with E-state index in [-0.39, 0.29) is 23.6 Å². The van der Waals surface area contributed by atoms with Crippen molar-refractivity contribution in [2.45, 2.75) is 12.8 Å². The van der Waals surface area contributed by atoms with Crippen LogP contribution in [0.25, 0.3) is 0 Å². The van der Waals surface area contributed by atoms with Crippen molar-refractivity contribution in [3.05, 3.63) is 64.7 Å². The third kappa shape index (κ3) is 4.51. The van der Waals surface area contributed by atoms with Gasteiger partial charge in [0.05, 0.1) is 16.5 Å². The van der Waals surface area contributed by atoms with E-state index < -0.39 is 0 Å². The van der Waals surface area contributed by atoms with E-state index in [4.69, 9.17) is 11.6 Å². The second-order valence-corrected chi connectivity index (χ2v) is 7.12. The largest absolute Gasteiger partial charge is 0.359 e. The molecule has 1 aliphatic heterocycles. The number of nitrogens with zero attached hydrogens (tertiary/aromatic N) is 1. The van der Waals surface area contributed by atoms with Gasteiger partial charge in [0.15, 0.2) is 0 Å². The number of hydrogen-bond acceptors (Lipinski definition) is 3. The lowest BCUT2D eigenvalue weighted by Gasteiger charge is -2.31. The first kappa shape index (κ1) is 19.9. The Hall–Kier alpha value is -2.86. The smallest absolute Gasteiger partial charge is 0.257 e. The summed E-state index contributed by atoms with van der Waals surface area (Å²) >= 11 is 6.04. The van der Waals surface area contributed by atoms with Gasteiger partial charge in [0.25, 0.3) is 11.8 Å². The van der Waals surface area contributed by atoms with E-state index in [0.717, 1.165) is 12.8 Å². The molecule has 0 bridgehead atoms. The number of benzene rings is 2. The van der Waals surface area contributed by atoms with Crippen molar-refractivity contribution in [3.8, 4) is 0 Å². The predicted octanol–water partition coefficient (Wildman–Crippen LogP) is 3.19. The van der Waals surface area contributed by atoms with E-state index in [1.54, 1.807) is 60.5 Å². The lowest BCUT2D eigenvalue weighted by molar-refractivity contribution is -0.125. The van der Waals surface area contributed by atoms with Gasteiger partial charge < -0.3 is 15.5 Å². The van der Waals surface area contributed by atoms with Gasteiger partial charge >= 0.3 is 0 Å². The monoisotopic (exact) mass is 399 g/mol. The Morgan fingerprint density at radius 1 is 1.07 bits per heavy atom. The van der Waals surface area contributed by atoms with Crippen LogP contribution < -0.4 is 10.6 Å².